The fraction of sp³-hybridized carbons (Fsp3) is 0.167. The van der Waals surface area contributed by atoms with E-state index < -0.39 is 0 Å². The number of ether oxygens (including phenoxy) is 1. The highest BCUT2D eigenvalue weighted by molar-refractivity contribution is 5.83. The summed E-state index contributed by atoms with van der Waals surface area (Å²) < 4.78 is 5.27. The minimum atomic E-state index is 0.0946. The molecule has 1 atom stereocenters. The van der Waals surface area contributed by atoms with Gasteiger partial charge in [-0.15, -0.1) is 0 Å². The van der Waals surface area contributed by atoms with Crippen LogP contribution >= 0.6 is 0 Å². The van der Waals surface area contributed by atoms with E-state index in [4.69, 9.17) is 4.74 Å². The van der Waals surface area contributed by atoms with Crippen LogP contribution in [0.15, 0.2) is 60.9 Å². The van der Waals surface area contributed by atoms with Gasteiger partial charge >= 0.3 is 0 Å². The van der Waals surface area contributed by atoms with Crippen LogP contribution in [0.3, 0.4) is 0 Å². The Morgan fingerprint density at radius 2 is 1.76 bits per heavy atom. The molecule has 106 valence electrons. The first-order valence-electron chi connectivity index (χ1n) is 6.96. The molecular weight excluding hydrogens is 260 g/mol. The van der Waals surface area contributed by atoms with Crippen molar-refractivity contribution in [2.24, 2.45) is 0 Å². The second kappa shape index (κ2) is 5.94. The summed E-state index contributed by atoms with van der Waals surface area (Å²) in [5.41, 5.74) is 2.30. The van der Waals surface area contributed by atoms with E-state index in [0.29, 0.717) is 0 Å². The van der Waals surface area contributed by atoms with E-state index >= 15 is 0 Å². The van der Waals surface area contributed by atoms with E-state index in [0.717, 1.165) is 11.3 Å². The Morgan fingerprint density at radius 1 is 0.952 bits per heavy atom. The summed E-state index contributed by atoms with van der Waals surface area (Å²) in [5.74, 6) is 0.772. The molecule has 3 heteroatoms. The van der Waals surface area contributed by atoms with Crippen molar-refractivity contribution in [1.29, 1.82) is 0 Å². The highest BCUT2D eigenvalue weighted by atomic mass is 16.5. The molecule has 0 aliphatic carbocycles. The van der Waals surface area contributed by atoms with Crippen molar-refractivity contribution < 1.29 is 4.74 Å². The van der Waals surface area contributed by atoms with Gasteiger partial charge in [0.25, 0.3) is 0 Å². The maximum absolute atomic E-state index is 5.27. The molecule has 21 heavy (non-hydrogen) atoms. The topological polar surface area (TPSA) is 34.2 Å². The maximum atomic E-state index is 5.27. The van der Waals surface area contributed by atoms with Crippen LogP contribution in [0.1, 0.15) is 17.2 Å². The summed E-state index contributed by atoms with van der Waals surface area (Å²) in [6.45, 7) is 0. The fourth-order valence-corrected chi connectivity index (χ4v) is 2.62. The van der Waals surface area contributed by atoms with Crippen LogP contribution in [0.2, 0.25) is 0 Å². The highest BCUT2D eigenvalue weighted by Crippen LogP contribution is 2.26. The Morgan fingerprint density at radius 3 is 2.52 bits per heavy atom. The van der Waals surface area contributed by atoms with Gasteiger partial charge < -0.3 is 10.1 Å². The van der Waals surface area contributed by atoms with Crippen molar-refractivity contribution in [3.8, 4) is 5.75 Å². The third-order valence-electron chi connectivity index (χ3n) is 3.70. The number of pyridine rings is 1. The largest absolute Gasteiger partial charge is 0.495 e. The van der Waals surface area contributed by atoms with Gasteiger partial charge in [0.15, 0.2) is 0 Å². The third-order valence-corrected chi connectivity index (χ3v) is 3.70. The third kappa shape index (κ3) is 2.73. The van der Waals surface area contributed by atoms with Gasteiger partial charge in [0.05, 0.1) is 19.3 Å². The Hall–Kier alpha value is -2.39. The minimum Gasteiger partial charge on any atom is -0.495 e. The smallest absolute Gasteiger partial charge is 0.137 e. The van der Waals surface area contributed by atoms with Crippen LogP contribution < -0.4 is 10.1 Å². The van der Waals surface area contributed by atoms with Crippen molar-refractivity contribution in [2.45, 2.75) is 6.04 Å². The molecule has 0 aliphatic heterocycles. The maximum Gasteiger partial charge on any atom is 0.137 e. The molecule has 3 rings (SSSR count). The zero-order chi connectivity index (χ0) is 14.7. The van der Waals surface area contributed by atoms with Crippen LogP contribution in [-0.2, 0) is 0 Å². The second-order valence-electron chi connectivity index (χ2n) is 4.99. The molecule has 0 aliphatic rings. The molecule has 1 N–H and O–H groups in total. The Bertz CT molecular complexity index is 755. The highest BCUT2D eigenvalue weighted by Gasteiger charge is 2.13. The number of hydrogen-bond acceptors (Lipinski definition) is 3. The summed E-state index contributed by atoms with van der Waals surface area (Å²) in [6.07, 6.45) is 3.59. The zero-order valence-electron chi connectivity index (χ0n) is 12.2. The Labute approximate surface area is 124 Å². The summed E-state index contributed by atoms with van der Waals surface area (Å²) in [4.78, 5) is 4.25. The molecule has 0 fully saturated rings. The zero-order valence-corrected chi connectivity index (χ0v) is 12.2. The quantitative estimate of drug-likeness (QED) is 0.792. The number of fused-ring (bicyclic) bond motifs is 1. The molecule has 2 aromatic carbocycles. The first-order chi connectivity index (χ1) is 10.3. The molecule has 0 amide bonds. The number of hydrogen-bond donors (Lipinski definition) is 1. The molecule has 0 saturated heterocycles. The number of aromatic nitrogens is 1. The van der Waals surface area contributed by atoms with E-state index in [1.165, 1.54) is 16.3 Å². The number of nitrogens with zero attached hydrogens (tertiary/aromatic N) is 1. The normalized spacial score (nSPS) is 12.3. The number of methoxy groups -OCH3 is 1. The average Bonchev–Trinajstić information content (AvgIpc) is 2.56. The minimum absolute atomic E-state index is 0.0946. The van der Waals surface area contributed by atoms with Gasteiger partial charge in [0.1, 0.15) is 5.75 Å². The lowest BCUT2D eigenvalue weighted by molar-refractivity contribution is 0.411. The fourth-order valence-electron chi connectivity index (χ4n) is 2.62. The summed E-state index contributed by atoms with van der Waals surface area (Å²) in [7, 11) is 3.62. The number of rotatable bonds is 4. The standard InChI is InChI=1S/C18H18N2O/c1-19-18(16-10-17(21-2)12-20-11-16)15-8-7-13-5-3-4-6-14(13)9-15/h3-12,18-19H,1-2H3. The molecule has 3 aromatic rings. The molecule has 0 bridgehead atoms. The lowest BCUT2D eigenvalue weighted by Crippen LogP contribution is -2.17. The molecule has 0 saturated carbocycles. The first-order valence-corrected chi connectivity index (χ1v) is 6.96. The van der Waals surface area contributed by atoms with Gasteiger partial charge in [-0.3, -0.25) is 4.98 Å². The van der Waals surface area contributed by atoms with Gasteiger partial charge in [-0.25, -0.2) is 0 Å². The van der Waals surface area contributed by atoms with Gasteiger partial charge in [-0.1, -0.05) is 36.4 Å². The van der Waals surface area contributed by atoms with Crippen molar-refractivity contribution in [3.63, 3.8) is 0 Å². The number of benzene rings is 2. The van der Waals surface area contributed by atoms with E-state index in [1.807, 2.05) is 19.3 Å². The average molecular weight is 278 g/mol. The molecule has 0 radical (unpaired) electrons. The van der Waals surface area contributed by atoms with Crippen LogP contribution in [0.4, 0.5) is 0 Å². The lowest BCUT2D eigenvalue weighted by Gasteiger charge is -2.18. The van der Waals surface area contributed by atoms with Gasteiger partial charge in [-0.2, -0.15) is 0 Å². The van der Waals surface area contributed by atoms with Crippen molar-refractivity contribution in [2.75, 3.05) is 14.2 Å². The SMILES string of the molecule is CNC(c1cncc(OC)c1)c1ccc2ccccc2c1. The molecule has 1 heterocycles. The van der Waals surface area contributed by atoms with E-state index in [1.54, 1.807) is 13.3 Å². The predicted octanol–water partition coefficient (Wildman–Crippen LogP) is 3.55. The molecule has 1 aromatic heterocycles. The summed E-state index contributed by atoms with van der Waals surface area (Å²) >= 11 is 0. The van der Waals surface area contributed by atoms with Crippen LogP contribution in [0, 0.1) is 0 Å². The van der Waals surface area contributed by atoms with Crippen molar-refractivity contribution >= 4 is 10.8 Å². The van der Waals surface area contributed by atoms with Gasteiger partial charge in [-0.05, 0) is 41.1 Å². The van der Waals surface area contributed by atoms with Gasteiger partial charge in [0, 0.05) is 6.20 Å². The van der Waals surface area contributed by atoms with Crippen molar-refractivity contribution in [1.82, 2.24) is 10.3 Å². The first kappa shape index (κ1) is 13.6. The van der Waals surface area contributed by atoms with Gasteiger partial charge in [0.2, 0.25) is 0 Å². The van der Waals surface area contributed by atoms with Crippen LogP contribution in [0.25, 0.3) is 10.8 Å². The lowest BCUT2D eigenvalue weighted by atomic mass is 9.97. The Kier molecular flexibility index (Phi) is 3.84. The van der Waals surface area contributed by atoms with Crippen molar-refractivity contribution in [3.05, 3.63) is 72.1 Å². The summed E-state index contributed by atoms with van der Waals surface area (Å²) in [6, 6.07) is 17.0. The monoisotopic (exact) mass is 278 g/mol. The molecule has 1 unspecified atom stereocenters. The molecular formula is C18H18N2O. The van der Waals surface area contributed by atoms with E-state index in [-0.39, 0.29) is 6.04 Å². The predicted molar refractivity (Wildman–Crippen MR) is 85.6 cm³/mol. The second-order valence-corrected chi connectivity index (χ2v) is 4.99. The van der Waals surface area contributed by atoms with E-state index in [2.05, 4.69) is 52.8 Å². The molecule has 3 nitrogen and oxygen atoms in total. The number of nitrogens with one attached hydrogen (secondary N) is 1. The van der Waals surface area contributed by atoms with E-state index in [9.17, 15) is 0 Å². The summed E-state index contributed by atoms with van der Waals surface area (Å²) in [5, 5.41) is 5.85. The molecule has 0 spiro atoms. The van der Waals surface area contributed by atoms with Crippen LogP contribution in [0.5, 0.6) is 5.75 Å². The van der Waals surface area contributed by atoms with Crippen LogP contribution in [-0.4, -0.2) is 19.1 Å². The Balaban J connectivity index is 2.04.